The summed E-state index contributed by atoms with van der Waals surface area (Å²) in [4.78, 5) is 26.0. The van der Waals surface area contributed by atoms with E-state index in [9.17, 15) is 9.59 Å². The Hall–Kier alpha value is -2.64. The van der Waals surface area contributed by atoms with Gasteiger partial charge >= 0.3 is 6.03 Å². The first-order valence-corrected chi connectivity index (χ1v) is 10.8. The number of carbonyl (C=O) groups excluding carboxylic acids is 2. The Morgan fingerprint density at radius 3 is 2.61 bits per heavy atom. The van der Waals surface area contributed by atoms with E-state index in [2.05, 4.69) is 17.6 Å². The third-order valence-electron chi connectivity index (χ3n) is 3.97. The fraction of sp³-hybridized carbons (Fsp3) is 0.238. The first-order chi connectivity index (χ1) is 13.7. The van der Waals surface area contributed by atoms with E-state index in [1.807, 2.05) is 47.2 Å². The Labute approximate surface area is 172 Å². The molecule has 0 aliphatic heterocycles. The van der Waals surface area contributed by atoms with Crippen LogP contribution in [0.15, 0.2) is 53.2 Å². The van der Waals surface area contributed by atoms with Crippen LogP contribution in [0.5, 0.6) is 5.75 Å². The number of amides is 2. The first kappa shape index (κ1) is 20.1. The normalized spacial score (nSPS) is 10.5. The predicted octanol–water partition coefficient (Wildman–Crippen LogP) is 5.54. The zero-order valence-corrected chi connectivity index (χ0v) is 17.2. The maximum atomic E-state index is 12.3. The SMILES string of the molecule is CCCCOc1ccc(NC(=O)NCc2ccc(C(=O)c3ccsc3)s2)cc1. The number of nitrogens with one attached hydrogen (secondary N) is 2. The highest BCUT2D eigenvalue weighted by Crippen LogP contribution is 2.21. The molecule has 0 aliphatic rings. The zero-order chi connectivity index (χ0) is 19.8. The molecule has 7 heteroatoms. The summed E-state index contributed by atoms with van der Waals surface area (Å²) < 4.78 is 5.61. The summed E-state index contributed by atoms with van der Waals surface area (Å²) in [5, 5.41) is 9.33. The second kappa shape index (κ2) is 10.1. The third kappa shape index (κ3) is 5.68. The minimum Gasteiger partial charge on any atom is -0.494 e. The zero-order valence-electron chi connectivity index (χ0n) is 15.6. The van der Waals surface area contributed by atoms with Crippen LogP contribution < -0.4 is 15.4 Å². The highest BCUT2D eigenvalue weighted by Gasteiger charge is 2.12. The molecule has 0 spiro atoms. The van der Waals surface area contributed by atoms with Crippen LogP contribution in [0.4, 0.5) is 10.5 Å². The topological polar surface area (TPSA) is 67.4 Å². The quantitative estimate of drug-likeness (QED) is 0.357. The molecule has 0 aliphatic carbocycles. The lowest BCUT2D eigenvalue weighted by molar-refractivity contribution is 0.104. The van der Waals surface area contributed by atoms with Crippen LogP contribution in [0.1, 0.15) is 39.9 Å². The van der Waals surface area contributed by atoms with E-state index in [0.717, 1.165) is 23.5 Å². The Balaban J connectivity index is 1.46. The van der Waals surface area contributed by atoms with Crippen LogP contribution >= 0.6 is 22.7 Å². The van der Waals surface area contributed by atoms with E-state index < -0.39 is 0 Å². The number of urea groups is 1. The van der Waals surface area contributed by atoms with Crippen molar-refractivity contribution in [2.45, 2.75) is 26.3 Å². The molecule has 1 aromatic carbocycles. The third-order valence-corrected chi connectivity index (χ3v) is 5.74. The Bertz CT molecular complexity index is 902. The fourth-order valence-corrected chi connectivity index (χ4v) is 3.99. The van der Waals surface area contributed by atoms with Gasteiger partial charge in [-0.3, -0.25) is 4.79 Å². The highest BCUT2D eigenvalue weighted by molar-refractivity contribution is 7.14. The number of hydrogen-bond acceptors (Lipinski definition) is 5. The average Bonchev–Trinajstić information content (AvgIpc) is 3.40. The van der Waals surface area contributed by atoms with Gasteiger partial charge in [0.1, 0.15) is 5.75 Å². The number of unbranched alkanes of at least 4 members (excludes halogenated alkanes) is 1. The van der Waals surface area contributed by atoms with Gasteiger partial charge in [0.25, 0.3) is 0 Å². The second-order valence-electron chi connectivity index (χ2n) is 6.14. The lowest BCUT2D eigenvalue weighted by Crippen LogP contribution is -2.27. The highest BCUT2D eigenvalue weighted by atomic mass is 32.1. The summed E-state index contributed by atoms with van der Waals surface area (Å²) in [6.45, 7) is 3.18. The molecule has 5 nitrogen and oxygen atoms in total. The summed E-state index contributed by atoms with van der Waals surface area (Å²) in [6, 6.07) is 12.5. The molecule has 0 radical (unpaired) electrons. The van der Waals surface area contributed by atoms with E-state index in [-0.39, 0.29) is 11.8 Å². The second-order valence-corrected chi connectivity index (χ2v) is 8.09. The number of carbonyl (C=O) groups is 2. The summed E-state index contributed by atoms with van der Waals surface area (Å²) in [7, 11) is 0. The smallest absolute Gasteiger partial charge is 0.319 e. The molecule has 2 heterocycles. The van der Waals surface area contributed by atoms with Gasteiger partial charge in [0.2, 0.25) is 5.78 Å². The van der Waals surface area contributed by atoms with E-state index in [0.29, 0.717) is 29.3 Å². The number of anilines is 1. The summed E-state index contributed by atoms with van der Waals surface area (Å²) in [5.74, 6) is 0.809. The van der Waals surface area contributed by atoms with Gasteiger partial charge in [0, 0.05) is 21.5 Å². The molecule has 3 rings (SSSR count). The number of rotatable bonds is 9. The molecule has 146 valence electrons. The minimum atomic E-state index is -0.293. The fourth-order valence-electron chi connectivity index (χ4n) is 2.44. The average molecular weight is 415 g/mol. The van der Waals surface area contributed by atoms with E-state index >= 15 is 0 Å². The first-order valence-electron chi connectivity index (χ1n) is 9.09. The molecule has 28 heavy (non-hydrogen) atoms. The van der Waals surface area contributed by atoms with Gasteiger partial charge in [-0.1, -0.05) is 13.3 Å². The number of ether oxygens (including phenoxy) is 1. The summed E-state index contributed by atoms with van der Waals surface area (Å²) >= 11 is 2.90. The van der Waals surface area contributed by atoms with Gasteiger partial charge in [0.15, 0.2) is 0 Å². The Kier molecular flexibility index (Phi) is 7.22. The van der Waals surface area contributed by atoms with Crippen molar-refractivity contribution >= 4 is 40.2 Å². The van der Waals surface area contributed by atoms with Crippen molar-refractivity contribution in [2.24, 2.45) is 0 Å². The van der Waals surface area contributed by atoms with E-state index in [1.165, 1.54) is 22.7 Å². The van der Waals surface area contributed by atoms with Crippen LogP contribution in [0.2, 0.25) is 0 Å². The van der Waals surface area contributed by atoms with Crippen molar-refractivity contribution < 1.29 is 14.3 Å². The van der Waals surface area contributed by atoms with Gasteiger partial charge in [0.05, 0.1) is 18.0 Å². The molecule has 2 amide bonds. The molecule has 0 saturated heterocycles. The Morgan fingerprint density at radius 2 is 1.89 bits per heavy atom. The van der Waals surface area contributed by atoms with Gasteiger partial charge in [-0.2, -0.15) is 11.3 Å². The molecule has 0 fully saturated rings. The van der Waals surface area contributed by atoms with Crippen LogP contribution in [0.25, 0.3) is 0 Å². The van der Waals surface area contributed by atoms with Gasteiger partial charge < -0.3 is 15.4 Å². The maximum Gasteiger partial charge on any atom is 0.319 e. The Morgan fingerprint density at radius 1 is 1.07 bits per heavy atom. The lowest BCUT2D eigenvalue weighted by atomic mass is 10.2. The van der Waals surface area contributed by atoms with Gasteiger partial charge in [-0.15, -0.1) is 11.3 Å². The summed E-state index contributed by atoms with van der Waals surface area (Å²) in [5.41, 5.74) is 1.39. The van der Waals surface area contributed by atoms with Crippen molar-refractivity contribution in [3.63, 3.8) is 0 Å². The monoisotopic (exact) mass is 414 g/mol. The number of thiophene rings is 2. The molecule has 2 aromatic heterocycles. The van der Waals surface area contributed by atoms with Crippen molar-refractivity contribution in [1.29, 1.82) is 0 Å². The molecule has 0 saturated carbocycles. The standard InChI is InChI=1S/C21H22N2O3S2/c1-2-3-11-26-17-6-4-16(5-7-17)23-21(25)22-13-18-8-9-19(28-18)20(24)15-10-12-27-14-15/h4-10,12,14H,2-3,11,13H2,1H3,(H2,22,23,25). The molecule has 0 bridgehead atoms. The summed E-state index contributed by atoms with van der Waals surface area (Å²) in [6.07, 6.45) is 2.11. The van der Waals surface area contributed by atoms with E-state index in [1.54, 1.807) is 6.07 Å². The molecule has 3 aromatic rings. The van der Waals surface area contributed by atoms with Crippen LogP contribution in [0.3, 0.4) is 0 Å². The van der Waals surface area contributed by atoms with Crippen LogP contribution in [-0.4, -0.2) is 18.4 Å². The van der Waals surface area contributed by atoms with E-state index in [4.69, 9.17) is 4.74 Å². The molecule has 2 N–H and O–H groups in total. The van der Waals surface area contributed by atoms with Gasteiger partial charge in [-0.05, 0) is 54.3 Å². The predicted molar refractivity (Wildman–Crippen MR) is 115 cm³/mol. The van der Waals surface area contributed by atoms with Crippen LogP contribution in [-0.2, 0) is 6.54 Å². The molecule has 0 atom stereocenters. The number of hydrogen-bond donors (Lipinski definition) is 2. The van der Waals surface area contributed by atoms with Gasteiger partial charge in [-0.25, -0.2) is 4.79 Å². The number of benzene rings is 1. The van der Waals surface area contributed by atoms with Crippen LogP contribution in [0, 0.1) is 0 Å². The van der Waals surface area contributed by atoms with Crippen molar-refractivity contribution in [3.8, 4) is 5.75 Å². The largest absolute Gasteiger partial charge is 0.494 e. The lowest BCUT2D eigenvalue weighted by Gasteiger charge is -2.09. The molecule has 0 unspecified atom stereocenters. The molecular weight excluding hydrogens is 392 g/mol. The number of ketones is 1. The van der Waals surface area contributed by atoms with Crippen molar-refractivity contribution in [2.75, 3.05) is 11.9 Å². The van der Waals surface area contributed by atoms with Crippen molar-refractivity contribution in [3.05, 3.63) is 68.5 Å². The minimum absolute atomic E-state index is 0.0168. The van der Waals surface area contributed by atoms with Crippen molar-refractivity contribution in [1.82, 2.24) is 5.32 Å². The maximum absolute atomic E-state index is 12.3. The molecular formula is C21H22N2O3S2.